The molecule has 0 amide bonds. The number of ether oxygens (including phenoxy) is 1. The Kier molecular flexibility index (Phi) is 4.06. The van der Waals surface area contributed by atoms with Crippen LogP contribution in [0.3, 0.4) is 0 Å². The molecule has 2 aromatic rings. The van der Waals surface area contributed by atoms with Crippen molar-refractivity contribution in [3.8, 4) is 5.75 Å². The van der Waals surface area contributed by atoms with Gasteiger partial charge in [-0.1, -0.05) is 12.1 Å². The van der Waals surface area contributed by atoms with E-state index in [1.807, 2.05) is 12.4 Å². The van der Waals surface area contributed by atoms with E-state index in [1.54, 1.807) is 0 Å². The summed E-state index contributed by atoms with van der Waals surface area (Å²) in [4.78, 5) is 7.11. The molecule has 122 valence electrons. The fourth-order valence-electron chi connectivity index (χ4n) is 3.63. The first kappa shape index (κ1) is 14.7. The number of piperazine rings is 1. The second-order valence-corrected chi connectivity index (χ2v) is 6.44. The molecule has 1 fully saturated rings. The van der Waals surface area contributed by atoms with Crippen LogP contribution < -0.4 is 10.1 Å². The second-order valence-electron chi connectivity index (χ2n) is 6.44. The van der Waals surface area contributed by atoms with Crippen LogP contribution >= 0.6 is 0 Å². The van der Waals surface area contributed by atoms with Gasteiger partial charge in [0.05, 0.1) is 12.6 Å². The first-order valence-electron chi connectivity index (χ1n) is 8.48. The number of nitrogens with zero attached hydrogens (tertiary/aromatic N) is 3. The number of nitrogens with one attached hydrogen (secondary N) is 1. The quantitative estimate of drug-likeness (QED) is 0.930. The molecule has 23 heavy (non-hydrogen) atoms. The number of fused-ring (bicyclic) bond motifs is 1. The number of aromatic nitrogens is 2. The van der Waals surface area contributed by atoms with Crippen molar-refractivity contribution in [3.63, 3.8) is 0 Å². The minimum atomic E-state index is 0.363. The highest BCUT2D eigenvalue weighted by molar-refractivity contribution is 5.39. The molecule has 1 aromatic heterocycles. The fraction of sp³-hybridized carbons (Fsp3) is 0.500. The number of imidazole rings is 1. The minimum Gasteiger partial charge on any atom is -0.493 e. The van der Waals surface area contributed by atoms with E-state index in [9.17, 15) is 0 Å². The molecular formula is C18H24N4O. The van der Waals surface area contributed by atoms with Crippen LogP contribution in [0, 0.1) is 0 Å². The Balaban J connectivity index is 1.45. The van der Waals surface area contributed by atoms with Crippen LogP contribution in [0.5, 0.6) is 5.75 Å². The molecule has 0 saturated carbocycles. The number of hydrogen-bond donors (Lipinski definition) is 1. The van der Waals surface area contributed by atoms with Crippen molar-refractivity contribution in [1.82, 2.24) is 19.8 Å². The van der Waals surface area contributed by atoms with E-state index in [0.29, 0.717) is 6.04 Å². The van der Waals surface area contributed by atoms with Crippen molar-refractivity contribution in [2.24, 2.45) is 7.05 Å². The Hall–Kier alpha value is -1.85. The van der Waals surface area contributed by atoms with Crippen LogP contribution in [0.2, 0.25) is 0 Å². The van der Waals surface area contributed by atoms with Crippen molar-refractivity contribution in [1.29, 1.82) is 0 Å². The molecule has 2 aliphatic heterocycles. The van der Waals surface area contributed by atoms with E-state index in [2.05, 4.69) is 45.0 Å². The Morgan fingerprint density at radius 1 is 1.39 bits per heavy atom. The Labute approximate surface area is 137 Å². The highest BCUT2D eigenvalue weighted by Gasteiger charge is 2.26. The molecule has 5 heteroatoms. The standard InChI is InChI=1S/C18H24N4O/c1-21-9-7-20-18(21)16-13-19-6-10-22(16)8-4-14-2-3-17-15(12-14)5-11-23-17/h2-3,7,9,12,16,19H,4-6,8,10-11,13H2,1H3. The van der Waals surface area contributed by atoms with Gasteiger partial charge in [-0.2, -0.15) is 0 Å². The highest BCUT2D eigenvalue weighted by atomic mass is 16.5. The zero-order valence-electron chi connectivity index (χ0n) is 13.7. The van der Waals surface area contributed by atoms with Gasteiger partial charge in [-0.3, -0.25) is 4.90 Å². The van der Waals surface area contributed by atoms with Crippen molar-refractivity contribution >= 4 is 0 Å². The average Bonchev–Trinajstić information content (AvgIpc) is 3.21. The van der Waals surface area contributed by atoms with E-state index in [1.165, 1.54) is 11.1 Å². The van der Waals surface area contributed by atoms with Crippen molar-refractivity contribution in [2.75, 3.05) is 32.8 Å². The molecular weight excluding hydrogens is 288 g/mol. The monoisotopic (exact) mass is 312 g/mol. The topological polar surface area (TPSA) is 42.3 Å². The van der Waals surface area contributed by atoms with E-state index in [4.69, 9.17) is 4.74 Å². The van der Waals surface area contributed by atoms with E-state index < -0.39 is 0 Å². The van der Waals surface area contributed by atoms with Crippen molar-refractivity contribution < 1.29 is 4.74 Å². The Morgan fingerprint density at radius 2 is 2.35 bits per heavy atom. The summed E-state index contributed by atoms with van der Waals surface area (Å²) in [5, 5.41) is 3.50. The lowest BCUT2D eigenvalue weighted by Crippen LogP contribution is -2.47. The average molecular weight is 312 g/mol. The molecule has 3 heterocycles. The molecule has 5 nitrogen and oxygen atoms in total. The zero-order chi connectivity index (χ0) is 15.6. The molecule has 0 aliphatic carbocycles. The van der Waals surface area contributed by atoms with Gasteiger partial charge in [-0.15, -0.1) is 0 Å². The van der Waals surface area contributed by atoms with Crippen LogP contribution in [-0.2, 0) is 19.9 Å². The number of rotatable bonds is 4. The zero-order valence-corrected chi connectivity index (χ0v) is 13.7. The number of hydrogen-bond acceptors (Lipinski definition) is 4. The van der Waals surface area contributed by atoms with Crippen LogP contribution in [0.25, 0.3) is 0 Å². The van der Waals surface area contributed by atoms with Gasteiger partial charge in [0.1, 0.15) is 11.6 Å². The predicted molar refractivity (Wildman–Crippen MR) is 89.7 cm³/mol. The Bertz CT molecular complexity index is 681. The summed E-state index contributed by atoms with van der Waals surface area (Å²) in [5.41, 5.74) is 2.77. The third-order valence-corrected chi connectivity index (χ3v) is 4.95. The van der Waals surface area contributed by atoms with E-state index >= 15 is 0 Å². The minimum absolute atomic E-state index is 0.363. The smallest absolute Gasteiger partial charge is 0.127 e. The van der Waals surface area contributed by atoms with Crippen LogP contribution in [0.1, 0.15) is 23.0 Å². The molecule has 1 aromatic carbocycles. The summed E-state index contributed by atoms with van der Waals surface area (Å²) in [6.07, 6.45) is 6.05. The highest BCUT2D eigenvalue weighted by Crippen LogP contribution is 2.27. The summed E-state index contributed by atoms with van der Waals surface area (Å²) in [7, 11) is 2.08. The van der Waals surface area contributed by atoms with Gasteiger partial charge >= 0.3 is 0 Å². The maximum Gasteiger partial charge on any atom is 0.127 e. The molecule has 4 rings (SSSR count). The van der Waals surface area contributed by atoms with Crippen LogP contribution in [0.4, 0.5) is 0 Å². The lowest BCUT2D eigenvalue weighted by Gasteiger charge is -2.35. The van der Waals surface area contributed by atoms with Gasteiger partial charge in [0.2, 0.25) is 0 Å². The molecule has 1 N–H and O–H groups in total. The summed E-state index contributed by atoms with van der Waals surface area (Å²) in [5.74, 6) is 2.22. The lowest BCUT2D eigenvalue weighted by molar-refractivity contribution is 0.155. The summed E-state index contributed by atoms with van der Waals surface area (Å²) >= 11 is 0. The molecule has 1 unspecified atom stereocenters. The van der Waals surface area contributed by atoms with Crippen LogP contribution in [-0.4, -0.2) is 47.2 Å². The van der Waals surface area contributed by atoms with Crippen molar-refractivity contribution in [3.05, 3.63) is 47.5 Å². The van der Waals surface area contributed by atoms with Gasteiger partial charge in [0, 0.05) is 52.0 Å². The van der Waals surface area contributed by atoms with Gasteiger partial charge < -0.3 is 14.6 Å². The third-order valence-electron chi connectivity index (χ3n) is 4.95. The summed E-state index contributed by atoms with van der Waals surface area (Å²) in [6, 6.07) is 7.02. The van der Waals surface area contributed by atoms with Gasteiger partial charge in [-0.05, 0) is 23.6 Å². The number of benzene rings is 1. The first-order chi connectivity index (χ1) is 11.3. The summed E-state index contributed by atoms with van der Waals surface area (Å²) in [6.45, 7) is 5.00. The summed E-state index contributed by atoms with van der Waals surface area (Å²) < 4.78 is 7.73. The van der Waals surface area contributed by atoms with Gasteiger partial charge in [0.15, 0.2) is 0 Å². The second kappa shape index (κ2) is 6.34. The largest absolute Gasteiger partial charge is 0.493 e. The maximum absolute atomic E-state index is 5.60. The molecule has 0 radical (unpaired) electrons. The van der Waals surface area contributed by atoms with Crippen molar-refractivity contribution in [2.45, 2.75) is 18.9 Å². The molecule has 0 bridgehead atoms. The fourth-order valence-corrected chi connectivity index (χ4v) is 3.63. The van der Waals surface area contributed by atoms with E-state index in [-0.39, 0.29) is 0 Å². The SMILES string of the molecule is Cn1ccnc1C1CNCCN1CCc1ccc2c(c1)CCO2. The molecule has 1 saturated heterocycles. The lowest BCUT2D eigenvalue weighted by atomic mass is 10.0. The normalized spacial score (nSPS) is 21.2. The Morgan fingerprint density at radius 3 is 3.22 bits per heavy atom. The van der Waals surface area contributed by atoms with Crippen LogP contribution in [0.15, 0.2) is 30.6 Å². The third kappa shape index (κ3) is 2.99. The number of aryl methyl sites for hydroxylation is 1. The maximum atomic E-state index is 5.60. The molecule has 1 atom stereocenters. The van der Waals surface area contributed by atoms with E-state index in [0.717, 1.165) is 57.2 Å². The molecule has 2 aliphatic rings. The van der Waals surface area contributed by atoms with Gasteiger partial charge in [0.25, 0.3) is 0 Å². The first-order valence-corrected chi connectivity index (χ1v) is 8.48. The predicted octanol–water partition coefficient (Wildman–Crippen LogP) is 1.54. The molecule has 0 spiro atoms. The van der Waals surface area contributed by atoms with Gasteiger partial charge in [-0.25, -0.2) is 4.98 Å².